The summed E-state index contributed by atoms with van der Waals surface area (Å²) < 4.78 is 18.6. The maximum absolute atomic E-state index is 11.2. The van der Waals surface area contributed by atoms with Gasteiger partial charge < -0.3 is 37.0 Å². The third-order valence-electron chi connectivity index (χ3n) is 4.27. The van der Waals surface area contributed by atoms with Crippen molar-refractivity contribution < 1.29 is 18.4 Å². The normalized spacial score (nSPS) is 13.9. The van der Waals surface area contributed by atoms with Crippen LogP contribution < -0.4 is 43.8 Å². The molecule has 2 heterocycles. The summed E-state index contributed by atoms with van der Waals surface area (Å²) in [5, 5.41) is 24.0. The molecule has 2 amide bonds. The van der Waals surface area contributed by atoms with Gasteiger partial charge >= 0.3 is 17.3 Å². The molecule has 202 valence electrons. The standard InChI is InChI=1S/C7H10N2O3.C5H11N7O.C4H10N4O2S/c1-9(3-2-8)4-5(10)7(12)6(4)11;1-12(3-2-6)5(13)7-4-8-10-11-9-4;1-8(3-2-5)4-6-10-11(9)7-4/h10H,2-3,8H2,1H3;2-3,6H2,1H3,(H2,7,8,9,10,11,13);2-3,5H2,1H3,(H,6,7). The van der Waals surface area contributed by atoms with E-state index in [1.807, 2.05) is 0 Å². The van der Waals surface area contributed by atoms with Crippen molar-refractivity contribution in [2.75, 3.05) is 70.6 Å². The highest BCUT2D eigenvalue weighted by atomic mass is 32.2. The summed E-state index contributed by atoms with van der Waals surface area (Å²) in [5.74, 6) is 0.151. The molecule has 0 saturated heterocycles. The van der Waals surface area contributed by atoms with Crippen molar-refractivity contribution in [3.05, 3.63) is 20.4 Å². The SMILES string of the molecule is CN(CCN)C(=O)Nc1nn[nH]n1.CN(CCN)C1=NS(=O)ON1.CN(CCN)c1c(O)c(=O)c1=O. The first kappa shape index (κ1) is 30.3. The third-order valence-corrected chi connectivity index (χ3v) is 4.82. The minimum Gasteiger partial charge on any atom is -0.502 e. The van der Waals surface area contributed by atoms with Crippen LogP contribution in [0.2, 0.25) is 0 Å². The number of hydrogen-bond donors (Lipinski definition) is 7. The van der Waals surface area contributed by atoms with Crippen molar-refractivity contribution in [3.63, 3.8) is 0 Å². The number of tetrazole rings is 1. The van der Waals surface area contributed by atoms with E-state index in [9.17, 15) is 18.6 Å². The van der Waals surface area contributed by atoms with E-state index in [0.29, 0.717) is 45.2 Å². The highest BCUT2D eigenvalue weighted by Crippen LogP contribution is 2.18. The van der Waals surface area contributed by atoms with Gasteiger partial charge in [0.2, 0.25) is 5.96 Å². The lowest BCUT2D eigenvalue weighted by atomic mass is 10.2. The van der Waals surface area contributed by atoms with Gasteiger partial charge in [0.25, 0.3) is 16.8 Å². The highest BCUT2D eigenvalue weighted by Gasteiger charge is 2.22. The van der Waals surface area contributed by atoms with E-state index in [4.69, 9.17) is 22.3 Å². The number of nitrogens with one attached hydrogen (secondary N) is 3. The Morgan fingerprint density at radius 1 is 1.06 bits per heavy atom. The number of rotatable bonds is 8. The number of nitrogens with two attached hydrogens (primary N) is 3. The van der Waals surface area contributed by atoms with Gasteiger partial charge in [-0.15, -0.1) is 9.50 Å². The summed E-state index contributed by atoms with van der Waals surface area (Å²) in [5.41, 5.74) is 16.8. The minimum atomic E-state index is -1.58. The molecular formula is C16H31N13O6S. The average molecular weight is 534 g/mol. The molecule has 0 radical (unpaired) electrons. The van der Waals surface area contributed by atoms with Gasteiger partial charge in [0.1, 0.15) is 5.69 Å². The molecule has 0 fully saturated rings. The zero-order valence-corrected chi connectivity index (χ0v) is 20.8. The predicted molar refractivity (Wildman–Crippen MR) is 132 cm³/mol. The van der Waals surface area contributed by atoms with E-state index in [1.54, 1.807) is 26.0 Å². The molecule has 1 atom stereocenters. The first-order valence-electron chi connectivity index (χ1n) is 10.3. The number of carbonyl (C=O) groups excluding carboxylic acids is 1. The molecular weight excluding hydrogens is 502 g/mol. The van der Waals surface area contributed by atoms with Crippen LogP contribution in [0.4, 0.5) is 16.4 Å². The van der Waals surface area contributed by atoms with Gasteiger partial charge in [-0.2, -0.15) is 9.50 Å². The number of hydrogen-bond acceptors (Lipinski definition) is 15. The summed E-state index contributed by atoms with van der Waals surface area (Å²) in [6.07, 6.45) is 0. The third kappa shape index (κ3) is 9.14. The first-order chi connectivity index (χ1) is 17.1. The van der Waals surface area contributed by atoms with Gasteiger partial charge in [-0.3, -0.25) is 14.9 Å². The zero-order valence-electron chi connectivity index (χ0n) is 20.0. The van der Waals surface area contributed by atoms with Crippen LogP contribution in [-0.4, -0.2) is 112 Å². The van der Waals surface area contributed by atoms with Gasteiger partial charge in [0.05, 0.1) is 0 Å². The maximum Gasteiger partial charge on any atom is 0.324 e. The van der Waals surface area contributed by atoms with Crippen LogP contribution >= 0.6 is 0 Å². The number of guanidine groups is 1. The number of hydroxylamine groups is 1. The fourth-order valence-corrected chi connectivity index (χ4v) is 2.86. The Hall–Kier alpha value is -3.72. The van der Waals surface area contributed by atoms with Crippen LogP contribution in [0.15, 0.2) is 14.0 Å². The fourth-order valence-electron chi connectivity index (χ4n) is 2.36. The van der Waals surface area contributed by atoms with Crippen LogP contribution in [0, 0.1) is 0 Å². The van der Waals surface area contributed by atoms with E-state index in [-0.39, 0.29) is 17.7 Å². The number of nitrogens with zero attached hydrogens (tertiary/aromatic N) is 7. The van der Waals surface area contributed by atoms with Gasteiger partial charge in [-0.1, -0.05) is 5.10 Å². The Morgan fingerprint density at radius 2 is 1.67 bits per heavy atom. The largest absolute Gasteiger partial charge is 0.502 e. The number of aromatic nitrogens is 4. The smallest absolute Gasteiger partial charge is 0.324 e. The summed E-state index contributed by atoms with van der Waals surface area (Å²) in [6, 6.07) is -0.313. The lowest BCUT2D eigenvalue weighted by molar-refractivity contribution is 0.223. The molecule has 1 aromatic heterocycles. The van der Waals surface area contributed by atoms with Gasteiger partial charge in [0, 0.05) is 60.4 Å². The number of urea groups is 1. The topological polar surface area (TPSA) is 276 Å². The van der Waals surface area contributed by atoms with Crippen molar-refractivity contribution in [2.45, 2.75) is 0 Å². The summed E-state index contributed by atoms with van der Waals surface area (Å²) in [6.45, 7) is 2.86. The number of H-pyrrole nitrogens is 1. The predicted octanol–water partition coefficient (Wildman–Crippen LogP) is -4.65. The summed E-state index contributed by atoms with van der Waals surface area (Å²) in [4.78, 5) is 37.3. The van der Waals surface area contributed by atoms with E-state index >= 15 is 0 Å². The molecule has 3 rings (SSSR count). The van der Waals surface area contributed by atoms with E-state index in [0.717, 1.165) is 0 Å². The van der Waals surface area contributed by atoms with Crippen molar-refractivity contribution >= 4 is 34.9 Å². The van der Waals surface area contributed by atoms with Crippen LogP contribution in [-0.2, 0) is 15.6 Å². The van der Waals surface area contributed by atoms with Crippen molar-refractivity contribution in [2.24, 2.45) is 21.6 Å². The average Bonchev–Trinajstić information content (AvgIpc) is 3.52. The Morgan fingerprint density at radius 3 is 2.14 bits per heavy atom. The molecule has 1 unspecified atom stereocenters. The molecule has 1 aromatic carbocycles. The molecule has 10 N–H and O–H groups in total. The lowest BCUT2D eigenvalue weighted by Gasteiger charge is -2.19. The van der Waals surface area contributed by atoms with Crippen LogP contribution in [0.25, 0.3) is 0 Å². The Bertz CT molecular complexity index is 1070. The number of aromatic hydroxyl groups is 1. The monoisotopic (exact) mass is 533 g/mol. The van der Waals surface area contributed by atoms with Crippen LogP contribution in [0.3, 0.4) is 0 Å². The second-order valence-corrected chi connectivity index (χ2v) is 7.75. The molecule has 0 aliphatic carbocycles. The molecule has 0 spiro atoms. The van der Waals surface area contributed by atoms with Gasteiger partial charge in [0.15, 0.2) is 5.75 Å². The summed E-state index contributed by atoms with van der Waals surface area (Å²) in [7, 11) is 5.01. The number of anilines is 2. The lowest BCUT2D eigenvalue weighted by Crippen LogP contribution is -2.39. The second-order valence-electron chi connectivity index (χ2n) is 6.97. The van der Waals surface area contributed by atoms with E-state index in [1.165, 1.54) is 9.80 Å². The molecule has 36 heavy (non-hydrogen) atoms. The number of likely N-dealkylation sites (N-methyl/N-ethyl adjacent to an activating group) is 3. The molecule has 0 saturated carbocycles. The Kier molecular flexibility index (Phi) is 12.9. The molecule has 19 nitrogen and oxygen atoms in total. The number of aromatic amines is 1. The molecule has 0 bridgehead atoms. The quantitative estimate of drug-likeness (QED) is 0.157. The first-order valence-corrected chi connectivity index (χ1v) is 11.3. The highest BCUT2D eigenvalue weighted by molar-refractivity contribution is 7.79. The van der Waals surface area contributed by atoms with E-state index < -0.39 is 27.9 Å². The maximum atomic E-state index is 11.2. The molecule has 2 aromatic rings. The van der Waals surface area contributed by atoms with Crippen molar-refractivity contribution in [1.82, 2.24) is 35.9 Å². The Labute approximate surface area is 208 Å². The number of carbonyl (C=O) groups is 1. The van der Waals surface area contributed by atoms with E-state index in [2.05, 4.69) is 40.1 Å². The van der Waals surface area contributed by atoms with Crippen molar-refractivity contribution in [1.29, 1.82) is 0 Å². The minimum absolute atomic E-state index is 0.0745. The zero-order chi connectivity index (χ0) is 27.3. The fraction of sp³-hybridized carbons (Fsp3) is 0.562. The van der Waals surface area contributed by atoms with Gasteiger partial charge in [-0.25, -0.2) is 14.5 Å². The molecule has 20 heteroatoms. The summed E-state index contributed by atoms with van der Waals surface area (Å²) >= 11 is -1.58. The van der Waals surface area contributed by atoms with Crippen molar-refractivity contribution in [3.8, 4) is 5.75 Å². The van der Waals surface area contributed by atoms with Crippen LogP contribution in [0.1, 0.15) is 0 Å². The van der Waals surface area contributed by atoms with Gasteiger partial charge in [-0.05, 0) is 5.21 Å². The molecule has 1 aliphatic heterocycles. The van der Waals surface area contributed by atoms with Crippen LogP contribution in [0.5, 0.6) is 5.75 Å². The number of amides is 2. The second kappa shape index (κ2) is 15.3. The Balaban J connectivity index is 0.000000271. The molecule has 1 aliphatic rings.